The number of carbonyl (C=O) groups is 2. The number of ether oxygens (including phenoxy) is 3. The number of hydrogen-bond donors (Lipinski definition) is 0. The van der Waals surface area contributed by atoms with Gasteiger partial charge in [0, 0.05) is 13.1 Å². The van der Waals surface area contributed by atoms with Crippen LogP contribution in [-0.2, 0) is 14.3 Å². The smallest absolute Gasteiger partial charge is 0.286 e. The van der Waals surface area contributed by atoms with E-state index in [0.717, 1.165) is 5.56 Å². The van der Waals surface area contributed by atoms with Crippen LogP contribution in [-0.4, -0.2) is 62.0 Å². The van der Waals surface area contributed by atoms with Crippen LogP contribution in [0.4, 0.5) is 0 Å². The molecule has 2 aliphatic heterocycles. The third kappa shape index (κ3) is 4.36. The minimum Gasteiger partial charge on any atom is -0.546 e. The number of hydrogen-bond acceptors (Lipinski definition) is 8. The summed E-state index contributed by atoms with van der Waals surface area (Å²) in [5.41, 5.74) is 0.719. The predicted octanol–water partition coefficient (Wildman–Crippen LogP) is 0.126. The summed E-state index contributed by atoms with van der Waals surface area (Å²) < 4.78 is 15.6. The summed E-state index contributed by atoms with van der Waals surface area (Å²) in [7, 11) is 1.45. The number of rotatable bonds is 5. The van der Waals surface area contributed by atoms with Crippen molar-refractivity contribution >= 4 is 34.9 Å². The van der Waals surface area contributed by atoms with Gasteiger partial charge in [0.2, 0.25) is 0 Å². The van der Waals surface area contributed by atoms with Gasteiger partial charge in [-0.25, -0.2) is 0 Å². The van der Waals surface area contributed by atoms with Crippen LogP contribution in [0.15, 0.2) is 28.1 Å². The number of aliphatic carboxylic acids is 1. The topological polar surface area (TPSA) is 100 Å². The van der Waals surface area contributed by atoms with Gasteiger partial charge in [0.15, 0.2) is 16.7 Å². The van der Waals surface area contributed by atoms with Gasteiger partial charge in [-0.05, 0) is 35.5 Å². The highest BCUT2D eigenvalue weighted by atomic mass is 32.2. The second-order valence-corrected chi connectivity index (χ2v) is 6.49. The molecule has 1 amide bonds. The van der Waals surface area contributed by atoms with Crippen molar-refractivity contribution in [3.8, 4) is 11.5 Å². The Kier molecular flexibility index (Phi) is 5.79. The summed E-state index contributed by atoms with van der Waals surface area (Å²) in [5.74, 6) is -0.952. The quantitative estimate of drug-likeness (QED) is 0.668. The number of carboxylic acid groups (broad SMARTS) is 1. The largest absolute Gasteiger partial charge is 0.546 e. The fraction of sp³-hybridized carbons (Fsp3) is 0.353. The number of amidine groups is 1. The fourth-order valence-corrected chi connectivity index (χ4v) is 3.43. The molecule has 0 spiro atoms. The summed E-state index contributed by atoms with van der Waals surface area (Å²) in [4.78, 5) is 29.3. The lowest BCUT2D eigenvalue weighted by molar-refractivity contribution is -0.307. The van der Waals surface area contributed by atoms with Gasteiger partial charge < -0.3 is 29.0 Å². The van der Waals surface area contributed by atoms with E-state index in [0.29, 0.717) is 42.1 Å². The number of nitrogens with zero attached hydrogens (tertiary/aromatic N) is 2. The van der Waals surface area contributed by atoms with Crippen LogP contribution in [0.2, 0.25) is 0 Å². The molecule has 1 fully saturated rings. The lowest BCUT2D eigenvalue weighted by Crippen LogP contribution is -2.38. The Morgan fingerprint density at radius 1 is 1.38 bits per heavy atom. The van der Waals surface area contributed by atoms with E-state index in [9.17, 15) is 14.7 Å². The summed E-state index contributed by atoms with van der Waals surface area (Å²) in [6, 6.07) is 4.96. The lowest BCUT2D eigenvalue weighted by Gasteiger charge is -2.27. The summed E-state index contributed by atoms with van der Waals surface area (Å²) in [6.45, 7) is 2.10. The molecule has 1 aromatic rings. The van der Waals surface area contributed by atoms with Gasteiger partial charge in [0.25, 0.3) is 5.91 Å². The predicted molar refractivity (Wildman–Crippen MR) is 93.9 cm³/mol. The Labute approximate surface area is 154 Å². The van der Waals surface area contributed by atoms with Crippen molar-refractivity contribution < 1.29 is 28.9 Å². The van der Waals surface area contributed by atoms with Crippen molar-refractivity contribution in [1.29, 1.82) is 0 Å². The van der Waals surface area contributed by atoms with Gasteiger partial charge in [0.1, 0.15) is 6.61 Å². The van der Waals surface area contributed by atoms with Crippen molar-refractivity contribution in [2.75, 3.05) is 40.0 Å². The van der Waals surface area contributed by atoms with Crippen molar-refractivity contribution in [1.82, 2.24) is 4.90 Å². The highest BCUT2D eigenvalue weighted by Crippen LogP contribution is 2.33. The number of morpholine rings is 1. The zero-order valence-corrected chi connectivity index (χ0v) is 14.9. The van der Waals surface area contributed by atoms with Gasteiger partial charge in [-0.2, -0.15) is 4.99 Å². The first kappa shape index (κ1) is 18.3. The number of aliphatic imine (C=N–C) groups is 1. The van der Waals surface area contributed by atoms with Crippen LogP contribution < -0.4 is 14.6 Å². The van der Waals surface area contributed by atoms with E-state index in [2.05, 4.69) is 4.99 Å². The van der Waals surface area contributed by atoms with E-state index in [1.54, 1.807) is 24.3 Å². The highest BCUT2D eigenvalue weighted by molar-refractivity contribution is 8.18. The molecule has 26 heavy (non-hydrogen) atoms. The second kappa shape index (κ2) is 8.24. The molecule has 9 heteroatoms. The number of thioether (sulfide) groups is 1. The van der Waals surface area contributed by atoms with Gasteiger partial charge in [-0.1, -0.05) is 6.07 Å². The average Bonchev–Trinajstić information content (AvgIpc) is 3.01. The monoisotopic (exact) mass is 377 g/mol. The minimum absolute atomic E-state index is 0.285. The van der Waals surface area contributed by atoms with Gasteiger partial charge in [0.05, 0.1) is 31.2 Å². The number of benzene rings is 1. The molecule has 2 heterocycles. The first-order chi connectivity index (χ1) is 12.6. The van der Waals surface area contributed by atoms with Gasteiger partial charge in [-0.3, -0.25) is 4.79 Å². The van der Waals surface area contributed by atoms with Crippen LogP contribution >= 0.6 is 11.8 Å². The SMILES string of the molecule is COc1cc(/C=C2\SC(N3CCOCC3)=NC2=O)ccc1OCC(=O)[O-]. The number of carboxylic acids is 1. The van der Waals surface area contributed by atoms with Crippen LogP contribution in [0.3, 0.4) is 0 Å². The van der Waals surface area contributed by atoms with Crippen LogP contribution in [0.1, 0.15) is 5.56 Å². The number of amides is 1. The molecular formula is C17H17N2O6S-. The molecule has 1 saturated heterocycles. The molecule has 0 radical (unpaired) electrons. The Balaban J connectivity index is 1.73. The Morgan fingerprint density at radius 2 is 2.15 bits per heavy atom. The number of carbonyl (C=O) groups excluding carboxylic acids is 2. The first-order valence-corrected chi connectivity index (χ1v) is 8.74. The zero-order chi connectivity index (χ0) is 18.5. The maximum Gasteiger partial charge on any atom is 0.286 e. The molecule has 0 aliphatic carbocycles. The van der Waals surface area contributed by atoms with Crippen molar-refractivity contribution in [3.05, 3.63) is 28.7 Å². The Morgan fingerprint density at radius 3 is 2.85 bits per heavy atom. The molecule has 2 aliphatic rings. The van der Waals surface area contributed by atoms with Crippen molar-refractivity contribution in [2.45, 2.75) is 0 Å². The zero-order valence-electron chi connectivity index (χ0n) is 14.1. The molecule has 138 valence electrons. The minimum atomic E-state index is -1.32. The van der Waals surface area contributed by atoms with E-state index >= 15 is 0 Å². The normalized spacial score (nSPS) is 18.8. The van der Waals surface area contributed by atoms with E-state index < -0.39 is 12.6 Å². The van der Waals surface area contributed by atoms with Crippen LogP contribution in [0, 0.1) is 0 Å². The van der Waals surface area contributed by atoms with Crippen LogP contribution in [0.25, 0.3) is 6.08 Å². The van der Waals surface area contributed by atoms with E-state index in [1.807, 2.05) is 4.90 Å². The third-order valence-electron chi connectivity index (χ3n) is 3.72. The lowest BCUT2D eigenvalue weighted by atomic mass is 10.2. The average molecular weight is 377 g/mol. The molecule has 0 saturated carbocycles. The molecule has 3 rings (SSSR count). The summed E-state index contributed by atoms with van der Waals surface area (Å²) in [5, 5.41) is 11.2. The highest BCUT2D eigenvalue weighted by Gasteiger charge is 2.27. The van der Waals surface area contributed by atoms with E-state index in [-0.39, 0.29) is 11.7 Å². The molecular weight excluding hydrogens is 360 g/mol. The molecule has 1 aromatic carbocycles. The van der Waals surface area contributed by atoms with Gasteiger partial charge in [-0.15, -0.1) is 0 Å². The van der Waals surface area contributed by atoms with E-state index in [4.69, 9.17) is 14.2 Å². The van der Waals surface area contributed by atoms with Crippen molar-refractivity contribution in [2.24, 2.45) is 4.99 Å². The Hall–Kier alpha value is -2.52. The number of methoxy groups -OCH3 is 1. The maximum absolute atomic E-state index is 12.2. The van der Waals surface area contributed by atoms with Gasteiger partial charge >= 0.3 is 0 Å². The Bertz CT molecular complexity index is 771. The molecule has 0 aromatic heterocycles. The standard InChI is InChI=1S/C17H18N2O6S/c1-23-13-8-11(2-3-12(13)25-10-15(20)21)9-14-16(22)18-17(26-14)19-4-6-24-7-5-19/h2-3,8-9H,4-7,10H2,1H3,(H,20,21)/p-1/b14-9-. The van der Waals surface area contributed by atoms with E-state index in [1.165, 1.54) is 18.9 Å². The van der Waals surface area contributed by atoms with Crippen LogP contribution in [0.5, 0.6) is 11.5 Å². The molecule has 0 bridgehead atoms. The maximum atomic E-state index is 12.2. The fourth-order valence-electron chi connectivity index (χ4n) is 2.47. The summed E-state index contributed by atoms with van der Waals surface area (Å²) in [6.07, 6.45) is 1.72. The molecule has 0 unspecified atom stereocenters. The molecule has 0 atom stereocenters. The molecule has 8 nitrogen and oxygen atoms in total. The first-order valence-electron chi connectivity index (χ1n) is 7.93. The third-order valence-corrected chi connectivity index (χ3v) is 4.77. The summed E-state index contributed by atoms with van der Waals surface area (Å²) >= 11 is 1.33. The second-order valence-electron chi connectivity index (χ2n) is 5.48. The van der Waals surface area contributed by atoms with Crippen molar-refractivity contribution in [3.63, 3.8) is 0 Å². The molecule has 0 N–H and O–H groups in total.